The zero-order valence-electron chi connectivity index (χ0n) is 17.7. The number of benzene rings is 3. The molecule has 5 heteroatoms. The number of fused-ring (bicyclic) bond motifs is 3. The summed E-state index contributed by atoms with van der Waals surface area (Å²) in [6, 6.07) is 24.0. The lowest BCUT2D eigenvalue weighted by Gasteiger charge is -2.57. The third-order valence-corrected chi connectivity index (χ3v) is 6.34. The van der Waals surface area contributed by atoms with Crippen molar-refractivity contribution in [3.8, 4) is 17.2 Å². The second kappa shape index (κ2) is 7.65. The molecule has 2 aliphatic heterocycles. The molecule has 0 radical (unpaired) electrons. The number of carbonyl (C=O) groups is 1. The monoisotopic (exact) mass is 415 g/mol. The van der Waals surface area contributed by atoms with E-state index < -0.39 is 11.6 Å². The lowest BCUT2D eigenvalue weighted by molar-refractivity contribution is -0.176. The molecular weight excluding hydrogens is 390 g/mol. The number of hydrogen-bond donors (Lipinski definition) is 0. The maximum atomic E-state index is 13.4. The second-order valence-electron chi connectivity index (χ2n) is 7.93. The molecule has 0 aromatic heterocycles. The van der Waals surface area contributed by atoms with Crippen LogP contribution in [-0.2, 0) is 16.8 Å². The molecule has 2 aliphatic rings. The van der Waals surface area contributed by atoms with Crippen molar-refractivity contribution in [2.45, 2.75) is 24.5 Å². The summed E-state index contributed by atoms with van der Waals surface area (Å²) in [6.07, 6.45) is 1.19. The maximum Gasteiger partial charge on any atom is 0.268 e. The molecule has 3 aromatic rings. The van der Waals surface area contributed by atoms with Crippen LogP contribution < -0.4 is 14.2 Å². The van der Waals surface area contributed by atoms with Gasteiger partial charge >= 0.3 is 0 Å². The zero-order chi connectivity index (χ0) is 21.4. The molecular formula is C26H25NO4. The number of methoxy groups -OCH3 is 2. The maximum absolute atomic E-state index is 13.4. The summed E-state index contributed by atoms with van der Waals surface area (Å²) in [7, 11) is 3.20. The van der Waals surface area contributed by atoms with Crippen molar-refractivity contribution in [2.24, 2.45) is 0 Å². The Morgan fingerprint density at radius 2 is 1.52 bits per heavy atom. The molecule has 0 bridgehead atoms. The SMILES string of the molecule is COc1cc(OC)cc(O[C@@H]2C(=O)N3CCCc4ccccc4[C@]23c2ccccc2)c1. The molecule has 0 spiro atoms. The lowest BCUT2D eigenvalue weighted by Crippen LogP contribution is -2.74. The number of nitrogens with zero attached hydrogens (tertiary/aromatic N) is 1. The summed E-state index contributed by atoms with van der Waals surface area (Å²) in [6.45, 7) is 0.698. The fraction of sp³-hybridized carbons (Fsp3) is 0.269. The van der Waals surface area contributed by atoms with E-state index >= 15 is 0 Å². The summed E-state index contributed by atoms with van der Waals surface area (Å²) in [5.41, 5.74) is 2.79. The van der Waals surface area contributed by atoms with Gasteiger partial charge < -0.3 is 19.1 Å². The molecule has 0 unspecified atom stereocenters. The largest absolute Gasteiger partial charge is 0.496 e. The average molecular weight is 415 g/mol. The van der Waals surface area contributed by atoms with Gasteiger partial charge in [0.25, 0.3) is 5.91 Å². The Labute approximate surface area is 182 Å². The van der Waals surface area contributed by atoms with Crippen LogP contribution in [0.5, 0.6) is 17.2 Å². The molecule has 5 rings (SSSR count). The van der Waals surface area contributed by atoms with Gasteiger partial charge in [-0.05, 0) is 29.5 Å². The van der Waals surface area contributed by atoms with Crippen LogP contribution in [0.3, 0.4) is 0 Å². The van der Waals surface area contributed by atoms with Crippen molar-refractivity contribution in [3.05, 3.63) is 89.5 Å². The quantitative estimate of drug-likeness (QED) is 0.587. The van der Waals surface area contributed by atoms with Gasteiger partial charge in [0.2, 0.25) is 6.10 Å². The highest BCUT2D eigenvalue weighted by Crippen LogP contribution is 2.51. The van der Waals surface area contributed by atoms with E-state index in [4.69, 9.17) is 14.2 Å². The van der Waals surface area contributed by atoms with Crippen LogP contribution in [0.15, 0.2) is 72.8 Å². The van der Waals surface area contributed by atoms with Crippen LogP contribution in [0, 0.1) is 0 Å². The third-order valence-electron chi connectivity index (χ3n) is 6.34. The predicted octanol–water partition coefficient (Wildman–Crippen LogP) is 4.18. The Morgan fingerprint density at radius 3 is 2.23 bits per heavy atom. The Kier molecular flexibility index (Phi) is 4.81. The fourth-order valence-corrected chi connectivity index (χ4v) is 4.96. The van der Waals surface area contributed by atoms with Crippen molar-refractivity contribution in [2.75, 3.05) is 20.8 Å². The standard InChI is InChI=1S/C26H25NO4/c1-29-20-15-21(30-2)17-22(16-20)31-24-25(28)27-14-8-10-18-9-6-7-13-23(18)26(24,27)19-11-4-3-5-12-19/h3-7,9,11-13,15-17,24H,8,10,14H2,1-2H3/t24-,26-/m1/s1. The highest BCUT2D eigenvalue weighted by atomic mass is 16.5. The molecule has 158 valence electrons. The highest BCUT2D eigenvalue weighted by molar-refractivity contribution is 5.93. The molecule has 0 saturated carbocycles. The topological polar surface area (TPSA) is 48.0 Å². The van der Waals surface area contributed by atoms with Crippen molar-refractivity contribution in [3.63, 3.8) is 0 Å². The summed E-state index contributed by atoms with van der Waals surface area (Å²) < 4.78 is 17.2. The summed E-state index contributed by atoms with van der Waals surface area (Å²) >= 11 is 0. The van der Waals surface area contributed by atoms with E-state index in [2.05, 4.69) is 30.3 Å². The number of ether oxygens (including phenoxy) is 3. The predicted molar refractivity (Wildman–Crippen MR) is 118 cm³/mol. The van der Waals surface area contributed by atoms with Crippen LogP contribution in [-0.4, -0.2) is 37.7 Å². The first-order valence-corrected chi connectivity index (χ1v) is 10.5. The molecule has 5 nitrogen and oxygen atoms in total. The van der Waals surface area contributed by atoms with Gasteiger partial charge in [-0.15, -0.1) is 0 Å². The molecule has 1 saturated heterocycles. The Morgan fingerprint density at radius 1 is 0.871 bits per heavy atom. The van der Waals surface area contributed by atoms with E-state index in [-0.39, 0.29) is 5.91 Å². The van der Waals surface area contributed by atoms with Gasteiger partial charge in [0, 0.05) is 24.7 Å². The molecule has 3 aromatic carbocycles. The smallest absolute Gasteiger partial charge is 0.268 e. The summed E-state index contributed by atoms with van der Waals surface area (Å²) in [5, 5.41) is 0. The van der Waals surface area contributed by atoms with Crippen molar-refractivity contribution < 1.29 is 19.0 Å². The average Bonchev–Trinajstić information content (AvgIpc) is 2.98. The molecule has 31 heavy (non-hydrogen) atoms. The molecule has 0 N–H and O–H groups in total. The highest BCUT2D eigenvalue weighted by Gasteiger charge is 2.64. The van der Waals surface area contributed by atoms with Gasteiger partial charge in [0.15, 0.2) is 0 Å². The van der Waals surface area contributed by atoms with E-state index in [0.29, 0.717) is 23.8 Å². The van der Waals surface area contributed by atoms with Crippen LogP contribution in [0.1, 0.15) is 23.1 Å². The van der Waals surface area contributed by atoms with Crippen LogP contribution in [0.4, 0.5) is 0 Å². The molecule has 2 heterocycles. The Balaban J connectivity index is 1.67. The first-order chi connectivity index (χ1) is 15.2. The minimum Gasteiger partial charge on any atom is -0.496 e. The van der Waals surface area contributed by atoms with Crippen LogP contribution in [0.25, 0.3) is 0 Å². The third kappa shape index (κ3) is 2.95. The van der Waals surface area contributed by atoms with Gasteiger partial charge in [-0.25, -0.2) is 0 Å². The van der Waals surface area contributed by atoms with Crippen LogP contribution >= 0.6 is 0 Å². The van der Waals surface area contributed by atoms with Crippen LogP contribution in [0.2, 0.25) is 0 Å². The van der Waals surface area contributed by atoms with Crippen molar-refractivity contribution in [1.29, 1.82) is 0 Å². The number of rotatable bonds is 5. The van der Waals surface area contributed by atoms with Crippen molar-refractivity contribution in [1.82, 2.24) is 4.90 Å². The van der Waals surface area contributed by atoms with Gasteiger partial charge in [0.05, 0.1) is 14.2 Å². The summed E-state index contributed by atoms with van der Waals surface area (Å²) in [4.78, 5) is 15.4. The fourth-order valence-electron chi connectivity index (χ4n) is 4.96. The second-order valence-corrected chi connectivity index (χ2v) is 7.93. The first-order valence-electron chi connectivity index (χ1n) is 10.5. The minimum absolute atomic E-state index is 0.00217. The van der Waals surface area contributed by atoms with Gasteiger partial charge in [-0.2, -0.15) is 0 Å². The number of aryl methyl sites for hydroxylation is 1. The summed E-state index contributed by atoms with van der Waals surface area (Å²) in [5.74, 6) is 1.79. The first kappa shape index (κ1) is 19.5. The normalized spacial score (nSPS) is 21.9. The van der Waals surface area contributed by atoms with E-state index in [9.17, 15) is 4.79 Å². The minimum atomic E-state index is -0.675. The molecule has 0 aliphatic carbocycles. The lowest BCUT2D eigenvalue weighted by atomic mass is 9.69. The van der Waals surface area contributed by atoms with E-state index in [1.807, 2.05) is 29.2 Å². The molecule has 2 atom stereocenters. The molecule has 1 amide bonds. The number of β-lactam (4-membered cyclic amide) rings is 1. The van der Waals surface area contributed by atoms with E-state index in [1.54, 1.807) is 32.4 Å². The van der Waals surface area contributed by atoms with E-state index in [0.717, 1.165) is 24.0 Å². The van der Waals surface area contributed by atoms with Gasteiger partial charge in [-0.3, -0.25) is 4.79 Å². The zero-order valence-corrected chi connectivity index (χ0v) is 17.7. The van der Waals surface area contributed by atoms with Gasteiger partial charge in [0.1, 0.15) is 22.8 Å². The van der Waals surface area contributed by atoms with E-state index in [1.165, 1.54) is 5.56 Å². The number of hydrogen-bond acceptors (Lipinski definition) is 4. The number of amides is 1. The Hall–Kier alpha value is -3.47. The Bertz CT molecular complexity index is 1090. The van der Waals surface area contributed by atoms with Gasteiger partial charge in [-0.1, -0.05) is 54.6 Å². The molecule has 1 fully saturated rings. The van der Waals surface area contributed by atoms with Crippen molar-refractivity contribution >= 4 is 5.91 Å². The number of carbonyl (C=O) groups excluding carboxylic acids is 1.